The molecule has 126 valence electrons. The Morgan fingerprint density at radius 1 is 0.654 bits per heavy atom. The zero-order valence-corrected chi connectivity index (χ0v) is 14.6. The van der Waals surface area contributed by atoms with Gasteiger partial charge in [0.2, 0.25) is 0 Å². The number of nitrogens with zero attached hydrogens (tertiary/aromatic N) is 1. The molecule has 0 unspecified atom stereocenters. The fourth-order valence-corrected chi connectivity index (χ4v) is 3.17. The van der Waals surface area contributed by atoms with Crippen LogP contribution in [-0.4, -0.2) is 4.98 Å². The summed E-state index contributed by atoms with van der Waals surface area (Å²) in [5.74, 6) is 0. The minimum atomic E-state index is -2.23. The largest absolute Gasteiger partial charge is 0.256 e. The van der Waals surface area contributed by atoms with E-state index in [1.54, 1.807) is 0 Å². The Morgan fingerprint density at radius 3 is 2.04 bits per heavy atom. The van der Waals surface area contributed by atoms with Gasteiger partial charge >= 0.3 is 0 Å². The number of pyridine rings is 1. The standard InChI is InChI=1S/C25H21N/c1-18-8-6-7-11-23(18)25-16-24(19(2)17-26-25)22-14-12-21(13-15-22)20-9-4-3-5-10-20/h3-17H,1-2H3/i2D3. The quantitative estimate of drug-likeness (QED) is 0.405. The molecule has 0 N–H and O–H groups in total. The van der Waals surface area contributed by atoms with Crippen molar-refractivity contribution in [3.63, 3.8) is 0 Å². The predicted octanol–water partition coefficient (Wildman–Crippen LogP) is 6.70. The van der Waals surface area contributed by atoms with Crippen molar-refractivity contribution < 1.29 is 4.11 Å². The van der Waals surface area contributed by atoms with Crippen molar-refractivity contribution in [2.75, 3.05) is 0 Å². The minimum Gasteiger partial charge on any atom is -0.256 e. The summed E-state index contributed by atoms with van der Waals surface area (Å²) in [7, 11) is 0. The highest BCUT2D eigenvalue weighted by Crippen LogP contribution is 2.30. The molecule has 1 aromatic heterocycles. The third kappa shape index (κ3) is 3.16. The lowest BCUT2D eigenvalue weighted by atomic mass is 9.96. The topological polar surface area (TPSA) is 12.9 Å². The van der Waals surface area contributed by atoms with Gasteiger partial charge in [-0.15, -0.1) is 0 Å². The van der Waals surface area contributed by atoms with Gasteiger partial charge in [0.05, 0.1) is 5.69 Å². The van der Waals surface area contributed by atoms with Gasteiger partial charge in [-0.3, -0.25) is 4.98 Å². The molecule has 0 aliphatic rings. The van der Waals surface area contributed by atoms with Crippen LogP contribution < -0.4 is 0 Å². The van der Waals surface area contributed by atoms with Crippen molar-refractivity contribution in [2.45, 2.75) is 13.8 Å². The van der Waals surface area contributed by atoms with Gasteiger partial charge in [0, 0.05) is 15.9 Å². The van der Waals surface area contributed by atoms with Crippen molar-refractivity contribution >= 4 is 0 Å². The number of aromatic nitrogens is 1. The Hall–Kier alpha value is -3.19. The van der Waals surface area contributed by atoms with Gasteiger partial charge < -0.3 is 0 Å². The Labute approximate surface area is 159 Å². The molecule has 0 atom stereocenters. The van der Waals surface area contributed by atoms with Crippen molar-refractivity contribution in [3.05, 3.63) is 102 Å². The summed E-state index contributed by atoms with van der Waals surface area (Å²) < 4.78 is 23.9. The number of benzene rings is 3. The van der Waals surface area contributed by atoms with Crippen LogP contribution in [0.4, 0.5) is 0 Å². The van der Waals surface area contributed by atoms with Crippen LogP contribution in [0.1, 0.15) is 15.2 Å². The Kier molecular flexibility index (Phi) is 3.50. The molecular formula is C25H21N. The number of rotatable bonds is 3. The molecule has 1 heterocycles. The van der Waals surface area contributed by atoms with Crippen LogP contribution in [0.15, 0.2) is 91.1 Å². The average molecular weight is 338 g/mol. The van der Waals surface area contributed by atoms with E-state index in [1.807, 2.05) is 79.7 Å². The lowest BCUT2D eigenvalue weighted by Gasteiger charge is -2.11. The summed E-state index contributed by atoms with van der Waals surface area (Å²) in [5.41, 5.74) is 6.94. The van der Waals surface area contributed by atoms with Crippen LogP contribution in [0.2, 0.25) is 0 Å². The molecular weight excluding hydrogens is 314 g/mol. The smallest absolute Gasteiger partial charge is 0.0711 e. The molecule has 26 heavy (non-hydrogen) atoms. The van der Waals surface area contributed by atoms with Gasteiger partial charge in [0.1, 0.15) is 0 Å². The normalized spacial score (nSPS) is 12.9. The maximum atomic E-state index is 7.95. The van der Waals surface area contributed by atoms with Crippen LogP contribution in [-0.2, 0) is 0 Å². The van der Waals surface area contributed by atoms with E-state index >= 15 is 0 Å². The molecule has 0 saturated carbocycles. The molecule has 0 fully saturated rings. The Morgan fingerprint density at radius 2 is 1.31 bits per heavy atom. The summed E-state index contributed by atoms with van der Waals surface area (Å²) in [6.07, 6.45) is 1.50. The molecule has 4 aromatic rings. The van der Waals surface area contributed by atoms with E-state index in [9.17, 15) is 0 Å². The number of hydrogen-bond acceptors (Lipinski definition) is 1. The molecule has 0 bridgehead atoms. The van der Waals surface area contributed by atoms with E-state index < -0.39 is 6.85 Å². The van der Waals surface area contributed by atoms with E-state index in [1.165, 1.54) is 6.20 Å². The first-order valence-corrected chi connectivity index (χ1v) is 8.66. The fourth-order valence-electron chi connectivity index (χ4n) is 3.17. The fraction of sp³-hybridized carbons (Fsp3) is 0.0800. The van der Waals surface area contributed by atoms with E-state index in [4.69, 9.17) is 4.11 Å². The van der Waals surface area contributed by atoms with Crippen molar-refractivity contribution in [1.29, 1.82) is 0 Å². The SMILES string of the molecule is [2H]C([2H])([2H])c1cnc(-c2ccccc2C)cc1-c1ccc(-c2ccccc2)cc1. The van der Waals surface area contributed by atoms with Gasteiger partial charge in [-0.2, -0.15) is 0 Å². The van der Waals surface area contributed by atoms with E-state index in [0.717, 1.165) is 33.5 Å². The monoisotopic (exact) mass is 338 g/mol. The minimum absolute atomic E-state index is 0.266. The van der Waals surface area contributed by atoms with Crippen LogP contribution >= 0.6 is 0 Å². The first-order valence-electron chi connectivity index (χ1n) is 10.2. The van der Waals surface area contributed by atoms with Gasteiger partial charge in [-0.25, -0.2) is 0 Å². The first kappa shape index (κ1) is 13.1. The molecule has 4 rings (SSSR count). The Balaban J connectivity index is 1.83. The number of hydrogen-bond donors (Lipinski definition) is 0. The molecule has 1 heteroatoms. The molecule has 0 aliphatic carbocycles. The molecule has 3 aromatic carbocycles. The molecule has 0 amide bonds. The lowest BCUT2D eigenvalue weighted by Crippen LogP contribution is -1.91. The van der Waals surface area contributed by atoms with Crippen LogP contribution in [0.25, 0.3) is 33.5 Å². The summed E-state index contributed by atoms with van der Waals surface area (Å²) in [4.78, 5) is 4.47. The summed E-state index contributed by atoms with van der Waals surface area (Å²) in [6.45, 7) is -0.201. The van der Waals surface area contributed by atoms with E-state index in [-0.39, 0.29) is 5.56 Å². The third-order valence-electron chi connectivity index (χ3n) is 4.63. The zero-order chi connectivity index (χ0) is 20.4. The predicted molar refractivity (Wildman–Crippen MR) is 110 cm³/mol. The highest BCUT2D eigenvalue weighted by atomic mass is 14.7. The van der Waals surface area contributed by atoms with Crippen molar-refractivity contribution in [3.8, 4) is 33.5 Å². The molecule has 0 saturated heterocycles. The zero-order valence-electron chi connectivity index (χ0n) is 17.6. The average Bonchev–Trinajstić information content (AvgIpc) is 2.74. The lowest BCUT2D eigenvalue weighted by molar-refractivity contribution is 1.26. The van der Waals surface area contributed by atoms with Crippen molar-refractivity contribution in [2.24, 2.45) is 0 Å². The van der Waals surface area contributed by atoms with Crippen LogP contribution in [0.3, 0.4) is 0 Å². The molecule has 0 aliphatic heterocycles. The first-order chi connectivity index (χ1) is 13.9. The Bertz CT molecular complexity index is 1130. The van der Waals surface area contributed by atoms with Gasteiger partial charge in [0.15, 0.2) is 0 Å². The summed E-state index contributed by atoms with van der Waals surface area (Å²) in [5, 5.41) is 0. The number of aryl methyl sites for hydroxylation is 2. The second-order valence-electron chi connectivity index (χ2n) is 6.37. The van der Waals surface area contributed by atoms with Gasteiger partial charge in [-0.05, 0) is 53.2 Å². The summed E-state index contributed by atoms with van der Waals surface area (Å²) in [6, 6.07) is 28.0. The van der Waals surface area contributed by atoms with E-state index in [0.29, 0.717) is 5.56 Å². The highest BCUT2D eigenvalue weighted by Gasteiger charge is 2.08. The maximum Gasteiger partial charge on any atom is 0.0711 e. The molecule has 0 radical (unpaired) electrons. The van der Waals surface area contributed by atoms with Crippen molar-refractivity contribution in [1.82, 2.24) is 4.98 Å². The maximum absolute atomic E-state index is 7.95. The van der Waals surface area contributed by atoms with E-state index in [2.05, 4.69) is 17.1 Å². The molecule has 0 spiro atoms. The van der Waals surface area contributed by atoms with Gasteiger partial charge in [-0.1, -0.05) is 78.9 Å². The molecule has 1 nitrogen and oxygen atoms in total. The van der Waals surface area contributed by atoms with Crippen LogP contribution in [0, 0.1) is 13.8 Å². The highest BCUT2D eigenvalue weighted by molar-refractivity contribution is 5.76. The summed E-state index contributed by atoms with van der Waals surface area (Å²) >= 11 is 0. The van der Waals surface area contributed by atoms with Crippen LogP contribution in [0.5, 0.6) is 0 Å². The third-order valence-corrected chi connectivity index (χ3v) is 4.63. The second kappa shape index (κ2) is 6.97. The second-order valence-corrected chi connectivity index (χ2v) is 6.37. The van der Waals surface area contributed by atoms with Gasteiger partial charge in [0.25, 0.3) is 0 Å².